The lowest BCUT2D eigenvalue weighted by molar-refractivity contribution is 0.0365. The van der Waals surface area contributed by atoms with Gasteiger partial charge in [0.25, 0.3) is 0 Å². The van der Waals surface area contributed by atoms with E-state index >= 15 is 0 Å². The standard InChI is InChI=1S/C11H14Cl2OS/c1-11(2)10(13)7(6-14-11)5-9-8(12)3-4-15-9/h3-4,7,10H,5-6H2,1-2H3. The van der Waals surface area contributed by atoms with E-state index in [1.54, 1.807) is 11.3 Å². The van der Waals surface area contributed by atoms with Crippen LogP contribution in [0.15, 0.2) is 11.4 Å². The van der Waals surface area contributed by atoms with Gasteiger partial charge in [-0.2, -0.15) is 0 Å². The summed E-state index contributed by atoms with van der Waals surface area (Å²) < 4.78 is 5.68. The zero-order chi connectivity index (χ0) is 11.1. The fraction of sp³-hybridized carbons (Fsp3) is 0.636. The Morgan fingerprint density at radius 2 is 2.33 bits per heavy atom. The summed E-state index contributed by atoms with van der Waals surface area (Å²) in [7, 11) is 0. The van der Waals surface area contributed by atoms with Crippen LogP contribution in [0.2, 0.25) is 5.02 Å². The van der Waals surface area contributed by atoms with E-state index in [1.165, 1.54) is 4.88 Å². The largest absolute Gasteiger partial charge is 0.374 e. The Morgan fingerprint density at radius 3 is 2.80 bits per heavy atom. The van der Waals surface area contributed by atoms with Crippen molar-refractivity contribution in [1.82, 2.24) is 0 Å². The Balaban J connectivity index is 2.06. The maximum Gasteiger partial charge on any atom is 0.0793 e. The van der Waals surface area contributed by atoms with Crippen molar-refractivity contribution < 1.29 is 4.74 Å². The van der Waals surface area contributed by atoms with Crippen molar-refractivity contribution in [3.63, 3.8) is 0 Å². The minimum absolute atomic E-state index is 0.0654. The highest BCUT2D eigenvalue weighted by Crippen LogP contribution is 2.38. The molecule has 1 aromatic heterocycles. The Hall–Kier alpha value is 0.240. The number of hydrogen-bond donors (Lipinski definition) is 0. The smallest absolute Gasteiger partial charge is 0.0793 e. The molecule has 1 aliphatic heterocycles. The topological polar surface area (TPSA) is 9.23 Å². The van der Waals surface area contributed by atoms with Gasteiger partial charge < -0.3 is 4.74 Å². The van der Waals surface area contributed by atoms with E-state index in [1.807, 2.05) is 25.3 Å². The first-order valence-electron chi connectivity index (χ1n) is 5.00. The average molecular weight is 265 g/mol. The van der Waals surface area contributed by atoms with Crippen molar-refractivity contribution in [3.05, 3.63) is 21.3 Å². The number of ether oxygens (including phenoxy) is 1. The SMILES string of the molecule is CC1(C)OCC(Cc2sccc2Cl)C1Cl. The van der Waals surface area contributed by atoms with E-state index in [4.69, 9.17) is 27.9 Å². The summed E-state index contributed by atoms with van der Waals surface area (Å²) in [4.78, 5) is 1.22. The first kappa shape index (κ1) is 11.7. The van der Waals surface area contributed by atoms with Crippen LogP contribution in [0.4, 0.5) is 0 Å². The van der Waals surface area contributed by atoms with Gasteiger partial charge in [0, 0.05) is 10.8 Å². The van der Waals surface area contributed by atoms with Gasteiger partial charge in [0.2, 0.25) is 0 Å². The summed E-state index contributed by atoms with van der Waals surface area (Å²) in [6.45, 7) is 4.82. The third-order valence-electron chi connectivity index (χ3n) is 2.89. The second-order valence-electron chi connectivity index (χ2n) is 4.47. The molecule has 0 radical (unpaired) electrons. The molecule has 2 heterocycles. The van der Waals surface area contributed by atoms with Gasteiger partial charge in [0.1, 0.15) is 0 Å². The van der Waals surface area contributed by atoms with E-state index in [9.17, 15) is 0 Å². The van der Waals surface area contributed by atoms with Crippen LogP contribution in [0.3, 0.4) is 0 Å². The molecule has 2 atom stereocenters. The van der Waals surface area contributed by atoms with Crippen LogP contribution in [-0.4, -0.2) is 17.6 Å². The summed E-state index contributed by atoms with van der Waals surface area (Å²) in [5.74, 6) is 0.373. The van der Waals surface area contributed by atoms with E-state index in [0.29, 0.717) is 5.92 Å². The van der Waals surface area contributed by atoms with E-state index in [2.05, 4.69) is 0 Å². The predicted molar refractivity (Wildman–Crippen MR) is 66.2 cm³/mol. The first-order chi connectivity index (χ1) is 7.00. The molecule has 1 fully saturated rings. The highest BCUT2D eigenvalue weighted by molar-refractivity contribution is 7.10. The molecule has 0 aliphatic carbocycles. The molecule has 2 rings (SSSR count). The molecule has 0 bridgehead atoms. The predicted octanol–water partition coefficient (Wildman–Crippen LogP) is 3.98. The van der Waals surface area contributed by atoms with Crippen molar-refractivity contribution in [3.8, 4) is 0 Å². The fourth-order valence-corrected chi connectivity index (χ4v) is 3.36. The van der Waals surface area contributed by atoms with E-state index in [0.717, 1.165) is 18.1 Å². The second kappa shape index (κ2) is 4.25. The van der Waals surface area contributed by atoms with Crippen molar-refractivity contribution in [2.45, 2.75) is 31.2 Å². The number of rotatable bonds is 2. The van der Waals surface area contributed by atoms with Crippen LogP contribution in [0.5, 0.6) is 0 Å². The molecule has 1 aliphatic rings. The molecule has 0 aromatic carbocycles. The third-order valence-corrected chi connectivity index (χ3v) is 5.18. The maximum atomic E-state index is 6.38. The molecule has 0 N–H and O–H groups in total. The normalized spacial score (nSPS) is 29.6. The average Bonchev–Trinajstić information content (AvgIpc) is 2.66. The van der Waals surface area contributed by atoms with Crippen molar-refractivity contribution >= 4 is 34.5 Å². The minimum atomic E-state index is -0.212. The highest BCUT2D eigenvalue weighted by atomic mass is 35.5. The van der Waals surface area contributed by atoms with Gasteiger partial charge in [-0.15, -0.1) is 22.9 Å². The molecule has 2 unspecified atom stereocenters. The molecule has 1 aromatic rings. The summed E-state index contributed by atoms with van der Waals surface area (Å²) in [5, 5.41) is 2.94. The van der Waals surface area contributed by atoms with Gasteiger partial charge in [0.15, 0.2) is 0 Å². The molecule has 1 saturated heterocycles. The Morgan fingerprint density at radius 1 is 1.60 bits per heavy atom. The lowest BCUT2D eigenvalue weighted by Crippen LogP contribution is -2.31. The van der Waals surface area contributed by atoms with Crippen molar-refractivity contribution in [1.29, 1.82) is 0 Å². The van der Waals surface area contributed by atoms with E-state index in [-0.39, 0.29) is 11.0 Å². The molecular weight excluding hydrogens is 251 g/mol. The molecular formula is C11H14Cl2OS. The number of thiophene rings is 1. The fourth-order valence-electron chi connectivity index (χ4n) is 1.92. The van der Waals surface area contributed by atoms with Gasteiger partial charge in [-0.1, -0.05) is 11.6 Å². The van der Waals surface area contributed by atoms with Crippen molar-refractivity contribution in [2.24, 2.45) is 5.92 Å². The molecule has 0 amide bonds. The van der Waals surface area contributed by atoms with Crippen LogP contribution in [-0.2, 0) is 11.2 Å². The first-order valence-corrected chi connectivity index (χ1v) is 6.70. The van der Waals surface area contributed by atoms with Crippen LogP contribution < -0.4 is 0 Å². The summed E-state index contributed by atoms with van der Waals surface area (Å²) in [5.41, 5.74) is -0.212. The Bertz CT molecular complexity index is 348. The molecule has 84 valence electrons. The van der Waals surface area contributed by atoms with Crippen molar-refractivity contribution in [2.75, 3.05) is 6.61 Å². The van der Waals surface area contributed by atoms with Gasteiger partial charge in [0.05, 0.1) is 22.6 Å². The highest BCUT2D eigenvalue weighted by Gasteiger charge is 2.42. The molecule has 15 heavy (non-hydrogen) atoms. The lowest BCUT2D eigenvalue weighted by Gasteiger charge is -2.22. The molecule has 1 nitrogen and oxygen atoms in total. The van der Waals surface area contributed by atoms with Crippen LogP contribution in [0.25, 0.3) is 0 Å². The Labute approximate surface area is 104 Å². The number of hydrogen-bond acceptors (Lipinski definition) is 2. The monoisotopic (exact) mass is 264 g/mol. The van der Waals surface area contributed by atoms with Crippen LogP contribution in [0, 0.1) is 5.92 Å². The van der Waals surface area contributed by atoms with Crippen LogP contribution >= 0.6 is 34.5 Å². The maximum absolute atomic E-state index is 6.38. The second-order valence-corrected chi connectivity index (χ2v) is 6.35. The summed E-state index contributed by atoms with van der Waals surface area (Å²) in [6, 6.07) is 1.94. The lowest BCUT2D eigenvalue weighted by atomic mass is 9.94. The Kier molecular flexibility index (Phi) is 3.32. The van der Waals surface area contributed by atoms with Gasteiger partial charge in [-0.05, 0) is 31.7 Å². The zero-order valence-electron chi connectivity index (χ0n) is 8.80. The number of halogens is 2. The zero-order valence-corrected chi connectivity index (χ0v) is 11.1. The van der Waals surface area contributed by atoms with Gasteiger partial charge >= 0.3 is 0 Å². The van der Waals surface area contributed by atoms with Gasteiger partial charge in [-0.25, -0.2) is 0 Å². The van der Waals surface area contributed by atoms with Crippen LogP contribution in [0.1, 0.15) is 18.7 Å². The quantitative estimate of drug-likeness (QED) is 0.735. The summed E-state index contributed by atoms with van der Waals surface area (Å²) in [6.07, 6.45) is 0.925. The third kappa shape index (κ3) is 2.33. The molecule has 0 spiro atoms. The number of alkyl halides is 1. The van der Waals surface area contributed by atoms with E-state index < -0.39 is 0 Å². The summed E-state index contributed by atoms with van der Waals surface area (Å²) >= 11 is 14.1. The molecule has 0 saturated carbocycles. The van der Waals surface area contributed by atoms with Gasteiger partial charge in [-0.3, -0.25) is 0 Å². The molecule has 4 heteroatoms. The minimum Gasteiger partial charge on any atom is -0.374 e.